The first-order valence-corrected chi connectivity index (χ1v) is 6.65. The molecule has 3 heteroatoms. The zero-order chi connectivity index (χ0) is 12.0. The molecule has 4 rings (SSSR count). The number of rotatable bonds is 2. The van der Waals surface area contributed by atoms with Gasteiger partial charge in [0, 0.05) is 16.4 Å². The summed E-state index contributed by atoms with van der Waals surface area (Å²) in [7, 11) is 0. The van der Waals surface area contributed by atoms with Crippen LogP contribution in [0.15, 0.2) is 34.9 Å². The van der Waals surface area contributed by atoms with E-state index >= 15 is 0 Å². The molecule has 0 spiro atoms. The van der Waals surface area contributed by atoms with Crippen molar-refractivity contribution in [2.45, 2.75) is 11.8 Å². The van der Waals surface area contributed by atoms with Crippen molar-refractivity contribution in [1.82, 2.24) is 5.32 Å². The van der Waals surface area contributed by atoms with Crippen LogP contribution < -0.4 is 5.32 Å². The first-order valence-electron chi connectivity index (χ1n) is 6.65. The van der Waals surface area contributed by atoms with E-state index in [-0.39, 0.29) is 5.41 Å². The Morgan fingerprint density at radius 2 is 2.11 bits per heavy atom. The molecule has 3 nitrogen and oxygen atoms in total. The average Bonchev–Trinajstić information content (AvgIpc) is 2.98. The lowest BCUT2D eigenvalue weighted by Gasteiger charge is -2.45. The Morgan fingerprint density at radius 3 is 2.83 bits per heavy atom. The van der Waals surface area contributed by atoms with Crippen LogP contribution in [0.1, 0.15) is 12.0 Å². The maximum atomic E-state index is 5.71. The van der Waals surface area contributed by atoms with E-state index in [2.05, 4.69) is 17.4 Å². The minimum atomic E-state index is 0.177. The second kappa shape index (κ2) is 3.84. The van der Waals surface area contributed by atoms with Crippen LogP contribution in [0.2, 0.25) is 0 Å². The van der Waals surface area contributed by atoms with Gasteiger partial charge in [0.1, 0.15) is 5.58 Å². The number of fused-ring (bicyclic) bond motifs is 1. The average molecular weight is 243 g/mol. The molecule has 2 saturated heterocycles. The zero-order valence-electron chi connectivity index (χ0n) is 10.3. The van der Waals surface area contributed by atoms with Crippen LogP contribution in [-0.4, -0.2) is 26.3 Å². The Labute approximate surface area is 106 Å². The first-order chi connectivity index (χ1) is 8.90. The van der Waals surface area contributed by atoms with Crippen molar-refractivity contribution in [2.24, 2.45) is 5.92 Å². The molecule has 0 saturated carbocycles. The van der Waals surface area contributed by atoms with Crippen molar-refractivity contribution in [1.29, 1.82) is 0 Å². The zero-order valence-corrected chi connectivity index (χ0v) is 10.3. The second-order valence-electron chi connectivity index (χ2n) is 5.48. The first kappa shape index (κ1) is 10.6. The van der Waals surface area contributed by atoms with Gasteiger partial charge in [-0.2, -0.15) is 0 Å². The maximum Gasteiger partial charge on any atom is 0.134 e. The molecule has 0 amide bonds. The summed E-state index contributed by atoms with van der Waals surface area (Å²) in [5.41, 5.74) is 2.51. The lowest BCUT2D eigenvalue weighted by molar-refractivity contribution is -0.0865. The van der Waals surface area contributed by atoms with Gasteiger partial charge in [-0.1, -0.05) is 18.2 Å². The molecule has 1 aromatic carbocycles. The van der Waals surface area contributed by atoms with Crippen LogP contribution in [0.3, 0.4) is 0 Å². The molecule has 0 aliphatic carbocycles. The molecule has 0 bridgehead atoms. The molecule has 1 aromatic heterocycles. The van der Waals surface area contributed by atoms with Crippen LogP contribution in [-0.2, 0) is 10.2 Å². The smallest absolute Gasteiger partial charge is 0.134 e. The van der Waals surface area contributed by atoms with Crippen molar-refractivity contribution >= 4 is 11.0 Å². The van der Waals surface area contributed by atoms with Gasteiger partial charge in [0.05, 0.1) is 19.5 Å². The van der Waals surface area contributed by atoms with E-state index in [1.54, 1.807) is 0 Å². The van der Waals surface area contributed by atoms with Crippen molar-refractivity contribution < 1.29 is 9.15 Å². The lowest BCUT2D eigenvalue weighted by atomic mass is 9.68. The Balaban J connectivity index is 1.84. The summed E-state index contributed by atoms with van der Waals surface area (Å²) >= 11 is 0. The van der Waals surface area contributed by atoms with E-state index in [1.165, 1.54) is 17.4 Å². The van der Waals surface area contributed by atoms with Gasteiger partial charge >= 0.3 is 0 Å². The lowest BCUT2D eigenvalue weighted by Crippen LogP contribution is -2.53. The van der Waals surface area contributed by atoms with Crippen LogP contribution in [0.25, 0.3) is 11.0 Å². The highest BCUT2D eigenvalue weighted by atomic mass is 16.5. The van der Waals surface area contributed by atoms with Crippen molar-refractivity contribution in [3.8, 4) is 0 Å². The van der Waals surface area contributed by atoms with Gasteiger partial charge in [-0.3, -0.25) is 0 Å². The quantitative estimate of drug-likeness (QED) is 0.879. The minimum Gasteiger partial charge on any atom is -0.464 e. The Hall–Kier alpha value is -1.32. The Morgan fingerprint density at radius 1 is 1.22 bits per heavy atom. The molecule has 2 aromatic rings. The maximum absolute atomic E-state index is 5.71. The van der Waals surface area contributed by atoms with Crippen LogP contribution >= 0.6 is 0 Å². The highest BCUT2D eigenvalue weighted by molar-refractivity contribution is 5.82. The standard InChI is InChI=1S/C15H17NO2/c1-2-4-14-12(3-1)13(8-18-14)15(9-17-10-15)11-5-6-16-7-11/h1-4,8,11,16H,5-7,9-10H2. The molecule has 1 unspecified atom stereocenters. The largest absolute Gasteiger partial charge is 0.464 e. The number of hydrogen-bond donors (Lipinski definition) is 1. The van der Waals surface area contributed by atoms with E-state index in [0.717, 1.165) is 31.9 Å². The third kappa shape index (κ3) is 1.32. The Bertz CT molecular complexity index is 565. The molecular weight excluding hydrogens is 226 g/mol. The summed E-state index contributed by atoms with van der Waals surface area (Å²) < 4.78 is 11.3. The summed E-state index contributed by atoms with van der Waals surface area (Å²) in [5, 5.41) is 4.73. The Kier molecular flexibility index (Phi) is 2.26. The second-order valence-corrected chi connectivity index (χ2v) is 5.48. The SMILES string of the molecule is c1ccc2c(C3(C4CCNC4)COC3)coc2c1. The summed E-state index contributed by atoms with van der Waals surface area (Å²) in [6, 6.07) is 8.31. The van der Waals surface area contributed by atoms with Gasteiger partial charge in [0.2, 0.25) is 0 Å². The molecule has 2 aliphatic rings. The number of nitrogens with one attached hydrogen (secondary N) is 1. The van der Waals surface area contributed by atoms with E-state index in [9.17, 15) is 0 Å². The molecular formula is C15H17NO2. The van der Waals surface area contributed by atoms with E-state index in [4.69, 9.17) is 9.15 Å². The van der Waals surface area contributed by atoms with Gasteiger partial charge in [-0.05, 0) is 31.5 Å². The number of benzene rings is 1. The summed E-state index contributed by atoms with van der Waals surface area (Å²) in [6.45, 7) is 3.90. The van der Waals surface area contributed by atoms with Gasteiger partial charge in [-0.15, -0.1) is 0 Å². The third-order valence-corrected chi connectivity index (χ3v) is 4.58. The fourth-order valence-corrected chi connectivity index (χ4v) is 3.42. The fourth-order valence-electron chi connectivity index (χ4n) is 3.42. The molecule has 0 radical (unpaired) electrons. The summed E-state index contributed by atoms with van der Waals surface area (Å²) in [6.07, 6.45) is 3.19. The number of ether oxygens (including phenoxy) is 1. The monoisotopic (exact) mass is 243 g/mol. The minimum absolute atomic E-state index is 0.177. The van der Waals surface area contributed by atoms with Crippen LogP contribution in [0.4, 0.5) is 0 Å². The van der Waals surface area contributed by atoms with E-state index in [1.807, 2.05) is 18.4 Å². The summed E-state index contributed by atoms with van der Waals surface area (Å²) in [5.74, 6) is 0.673. The third-order valence-electron chi connectivity index (χ3n) is 4.58. The topological polar surface area (TPSA) is 34.4 Å². The molecule has 2 aliphatic heterocycles. The number of furan rings is 1. The molecule has 18 heavy (non-hydrogen) atoms. The van der Waals surface area contributed by atoms with E-state index < -0.39 is 0 Å². The number of para-hydroxylation sites is 1. The van der Waals surface area contributed by atoms with Gasteiger partial charge in [0.25, 0.3) is 0 Å². The fraction of sp³-hybridized carbons (Fsp3) is 0.467. The van der Waals surface area contributed by atoms with Gasteiger partial charge in [-0.25, -0.2) is 0 Å². The van der Waals surface area contributed by atoms with Gasteiger partial charge < -0.3 is 14.5 Å². The predicted molar refractivity (Wildman–Crippen MR) is 69.7 cm³/mol. The normalized spacial score (nSPS) is 26.3. The molecule has 1 atom stereocenters. The molecule has 1 N–H and O–H groups in total. The number of hydrogen-bond acceptors (Lipinski definition) is 3. The van der Waals surface area contributed by atoms with Crippen molar-refractivity contribution in [3.63, 3.8) is 0 Å². The highest BCUT2D eigenvalue weighted by Gasteiger charge is 2.49. The van der Waals surface area contributed by atoms with Crippen LogP contribution in [0.5, 0.6) is 0 Å². The molecule has 2 fully saturated rings. The highest BCUT2D eigenvalue weighted by Crippen LogP contribution is 2.45. The summed E-state index contributed by atoms with van der Waals surface area (Å²) in [4.78, 5) is 0. The molecule has 3 heterocycles. The predicted octanol–water partition coefficient (Wildman–Crippen LogP) is 2.31. The van der Waals surface area contributed by atoms with Crippen molar-refractivity contribution in [2.75, 3.05) is 26.3 Å². The van der Waals surface area contributed by atoms with Crippen LogP contribution in [0, 0.1) is 5.92 Å². The van der Waals surface area contributed by atoms with Gasteiger partial charge in [0.15, 0.2) is 0 Å². The molecule has 94 valence electrons. The van der Waals surface area contributed by atoms with Crippen molar-refractivity contribution in [3.05, 3.63) is 36.1 Å². The van der Waals surface area contributed by atoms with E-state index in [0.29, 0.717) is 5.92 Å².